The van der Waals surface area contributed by atoms with Crippen LogP contribution in [0.3, 0.4) is 0 Å². The van der Waals surface area contributed by atoms with E-state index in [1.54, 1.807) is 36.4 Å². The molecule has 0 aliphatic rings. The summed E-state index contributed by atoms with van der Waals surface area (Å²) in [5, 5.41) is 6.61. The van der Waals surface area contributed by atoms with Crippen molar-refractivity contribution in [3.8, 4) is 0 Å². The summed E-state index contributed by atoms with van der Waals surface area (Å²) in [7, 11) is 0. The van der Waals surface area contributed by atoms with Crippen LogP contribution >= 0.6 is 11.3 Å². The number of hydrogen-bond donors (Lipinski definition) is 2. The number of nitrogens with one attached hydrogen (secondary N) is 2. The normalized spacial score (nSPS) is 10.9. The molecule has 4 aromatic rings. The topological polar surface area (TPSA) is 66.9 Å². The fourth-order valence-electron chi connectivity index (χ4n) is 3.14. The molecule has 152 valence electrons. The molecule has 2 N–H and O–H groups in total. The Morgan fingerprint density at radius 1 is 0.967 bits per heavy atom. The SMILES string of the molecule is Cc1c(C(=O)NCc2ccccc2F)sc2ncnc(NCc3ccccc3F)c12. The Morgan fingerprint density at radius 2 is 1.60 bits per heavy atom. The number of thiophene rings is 1. The van der Waals surface area contributed by atoms with Gasteiger partial charge in [-0.15, -0.1) is 11.3 Å². The number of aryl methyl sites for hydroxylation is 1. The van der Waals surface area contributed by atoms with Crippen LogP contribution in [0.15, 0.2) is 54.9 Å². The number of carbonyl (C=O) groups excluding carboxylic acids is 1. The molecule has 0 bridgehead atoms. The molecule has 8 heteroatoms. The van der Waals surface area contributed by atoms with E-state index in [2.05, 4.69) is 20.6 Å². The monoisotopic (exact) mass is 424 g/mol. The third-order valence-electron chi connectivity index (χ3n) is 4.73. The second kappa shape index (κ2) is 8.54. The smallest absolute Gasteiger partial charge is 0.261 e. The molecule has 2 aromatic carbocycles. The molecule has 2 heterocycles. The Kier molecular flexibility index (Phi) is 5.67. The number of rotatable bonds is 6. The standard InChI is InChI=1S/C22H18F2N4OS/c1-13-18-20(25-10-14-6-2-4-8-16(14)23)27-12-28-22(18)30-19(13)21(29)26-11-15-7-3-5-9-17(15)24/h2-9,12H,10-11H2,1H3,(H,26,29)(H,25,27,28). The van der Waals surface area contributed by atoms with Crippen LogP contribution in [0.2, 0.25) is 0 Å². The van der Waals surface area contributed by atoms with Crippen molar-refractivity contribution in [2.75, 3.05) is 5.32 Å². The summed E-state index contributed by atoms with van der Waals surface area (Å²) in [6.07, 6.45) is 1.41. The van der Waals surface area contributed by atoms with Crippen molar-refractivity contribution in [3.05, 3.63) is 88.1 Å². The molecule has 0 fully saturated rings. The number of amides is 1. The molecular weight excluding hydrogens is 406 g/mol. The second-order valence-corrected chi connectivity index (χ2v) is 7.68. The van der Waals surface area contributed by atoms with Gasteiger partial charge in [-0.3, -0.25) is 4.79 Å². The van der Waals surface area contributed by atoms with E-state index in [-0.39, 0.29) is 30.6 Å². The summed E-state index contributed by atoms with van der Waals surface area (Å²) in [5.41, 5.74) is 1.65. The third kappa shape index (κ3) is 3.99. The predicted molar refractivity (Wildman–Crippen MR) is 113 cm³/mol. The fraction of sp³-hybridized carbons (Fsp3) is 0.136. The van der Waals surface area contributed by atoms with Gasteiger partial charge in [0, 0.05) is 24.2 Å². The Hall–Kier alpha value is -3.39. The number of fused-ring (bicyclic) bond motifs is 1. The molecule has 0 unspecified atom stereocenters. The van der Waals surface area contributed by atoms with E-state index in [4.69, 9.17) is 0 Å². The van der Waals surface area contributed by atoms with Gasteiger partial charge in [-0.1, -0.05) is 36.4 Å². The second-order valence-electron chi connectivity index (χ2n) is 6.68. The first-order chi connectivity index (χ1) is 14.5. The molecule has 0 aliphatic heterocycles. The van der Waals surface area contributed by atoms with Crippen molar-refractivity contribution in [2.45, 2.75) is 20.0 Å². The van der Waals surface area contributed by atoms with Crippen LogP contribution in [-0.4, -0.2) is 15.9 Å². The number of benzene rings is 2. The quantitative estimate of drug-likeness (QED) is 0.466. The first kappa shape index (κ1) is 19.9. The van der Waals surface area contributed by atoms with Crippen LogP contribution in [0.1, 0.15) is 26.4 Å². The summed E-state index contributed by atoms with van der Waals surface area (Å²) < 4.78 is 27.7. The minimum atomic E-state index is -0.364. The van der Waals surface area contributed by atoms with Gasteiger partial charge in [0.1, 0.15) is 28.6 Å². The van der Waals surface area contributed by atoms with Gasteiger partial charge >= 0.3 is 0 Å². The highest BCUT2D eigenvalue weighted by molar-refractivity contribution is 7.20. The molecule has 0 aliphatic carbocycles. The van der Waals surface area contributed by atoms with Crippen LogP contribution in [0, 0.1) is 18.6 Å². The zero-order valence-electron chi connectivity index (χ0n) is 16.1. The number of anilines is 1. The average Bonchev–Trinajstić information content (AvgIpc) is 3.10. The molecule has 0 atom stereocenters. The lowest BCUT2D eigenvalue weighted by Gasteiger charge is -2.08. The van der Waals surface area contributed by atoms with Crippen molar-refractivity contribution < 1.29 is 13.6 Å². The van der Waals surface area contributed by atoms with E-state index >= 15 is 0 Å². The van der Waals surface area contributed by atoms with Gasteiger partial charge in [-0.05, 0) is 24.6 Å². The Balaban J connectivity index is 1.56. The summed E-state index contributed by atoms with van der Waals surface area (Å²) in [6.45, 7) is 2.15. The lowest BCUT2D eigenvalue weighted by molar-refractivity contribution is 0.0954. The van der Waals surface area contributed by atoms with Crippen LogP contribution in [0.5, 0.6) is 0 Å². The van der Waals surface area contributed by atoms with E-state index in [1.165, 1.54) is 29.8 Å². The average molecular weight is 424 g/mol. The van der Waals surface area contributed by atoms with E-state index < -0.39 is 0 Å². The van der Waals surface area contributed by atoms with E-state index in [1.807, 2.05) is 6.92 Å². The number of carbonyl (C=O) groups is 1. The third-order valence-corrected chi connectivity index (χ3v) is 5.93. The summed E-state index contributed by atoms with van der Waals surface area (Å²) >= 11 is 1.24. The highest BCUT2D eigenvalue weighted by atomic mass is 32.1. The largest absolute Gasteiger partial charge is 0.365 e. The summed E-state index contributed by atoms with van der Waals surface area (Å²) in [4.78, 5) is 22.4. The Bertz CT molecular complexity index is 1220. The number of nitrogens with zero attached hydrogens (tertiary/aromatic N) is 2. The molecular formula is C22H18F2N4OS. The highest BCUT2D eigenvalue weighted by Crippen LogP contribution is 2.33. The molecule has 1 amide bonds. The molecule has 0 radical (unpaired) electrons. The van der Waals surface area contributed by atoms with Crippen molar-refractivity contribution in [2.24, 2.45) is 0 Å². The molecule has 4 rings (SSSR count). The zero-order chi connectivity index (χ0) is 21.1. The van der Waals surface area contributed by atoms with E-state index in [9.17, 15) is 13.6 Å². The molecule has 0 saturated carbocycles. The van der Waals surface area contributed by atoms with Gasteiger partial charge in [0.2, 0.25) is 0 Å². The minimum Gasteiger partial charge on any atom is -0.365 e. The van der Waals surface area contributed by atoms with Crippen LogP contribution in [0.4, 0.5) is 14.6 Å². The number of aromatic nitrogens is 2. The van der Waals surface area contributed by atoms with Crippen LogP contribution < -0.4 is 10.6 Å². The van der Waals surface area contributed by atoms with E-state index in [0.717, 1.165) is 10.9 Å². The van der Waals surface area contributed by atoms with Crippen molar-refractivity contribution >= 4 is 33.3 Å². The fourth-order valence-corrected chi connectivity index (χ4v) is 4.21. The minimum absolute atomic E-state index is 0.0866. The molecule has 30 heavy (non-hydrogen) atoms. The zero-order valence-corrected chi connectivity index (χ0v) is 16.9. The lowest BCUT2D eigenvalue weighted by atomic mass is 10.1. The van der Waals surface area contributed by atoms with Crippen molar-refractivity contribution in [1.82, 2.24) is 15.3 Å². The Labute approximate surface area is 175 Å². The van der Waals surface area contributed by atoms with E-state index in [0.29, 0.717) is 26.7 Å². The molecule has 0 spiro atoms. The first-order valence-corrected chi connectivity index (χ1v) is 10.1. The number of hydrogen-bond acceptors (Lipinski definition) is 5. The van der Waals surface area contributed by atoms with Gasteiger partial charge in [0.05, 0.1) is 10.3 Å². The summed E-state index contributed by atoms with van der Waals surface area (Å²) in [5.74, 6) is -0.439. The molecule has 2 aromatic heterocycles. The maximum Gasteiger partial charge on any atom is 0.261 e. The Morgan fingerprint density at radius 3 is 2.27 bits per heavy atom. The highest BCUT2D eigenvalue weighted by Gasteiger charge is 2.19. The van der Waals surface area contributed by atoms with Gasteiger partial charge in [-0.25, -0.2) is 18.7 Å². The maximum absolute atomic E-state index is 13.9. The molecule has 0 saturated heterocycles. The molecule has 5 nitrogen and oxygen atoms in total. The predicted octanol–water partition coefficient (Wildman–Crippen LogP) is 4.82. The van der Waals surface area contributed by atoms with Crippen molar-refractivity contribution in [3.63, 3.8) is 0 Å². The number of halogens is 2. The maximum atomic E-state index is 13.9. The van der Waals surface area contributed by atoms with Gasteiger partial charge in [-0.2, -0.15) is 0 Å². The van der Waals surface area contributed by atoms with Crippen LogP contribution in [-0.2, 0) is 13.1 Å². The van der Waals surface area contributed by atoms with Gasteiger partial charge in [0.25, 0.3) is 5.91 Å². The van der Waals surface area contributed by atoms with Gasteiger partial charge in [0.15, 0.2) is 0 Å². The van der Waals surface area contributed by atoms with Crippen molar-refractivity contribution in [1.29, 1.82) is 0 Å². The summed E-state index contributed by atoms with van der Waals surface area (Å²) in [6, 6.07) is 12.8. The van der Waals surface area contributed by atoms with Crippen LogP contribution in [0.25, 0.3) is 10.2 Å². The van der Waals surface area contributed by atoms with Gasteiger partial charge < -0.3 is 10.6 Å². The lowest BCUT2D eigenvalue weighted by Crippen LogP contribution is -2.23. The first-order valence-electron chi connectivity index (χ1n) is 9.27.